The van der Waals surface area contributed by atoms with Crippen LogP contribution in [0, 0.1) is 6.92 Å². The number of para-hydroxylation sites is 2. The highest BCUT2D eigenvalue weighted by molar-refractivity contribution is 5.97. The molecule has 0 unspecified atom stereocenters. The number of nitrogens with one attached hydrogen (secondary N) is 1. The summed E-state index contributed by atoms with van der Waals surface area (Å²) in [6, 6.07) is 7.24. The number of nitrogens with two attached hydrogens (primary N) is 1. The van der Waals surface area contributed by atoms with Gasteiger partial charge in [0.05, 0.1) is 12.8 Å². The quantitative estimate of drug-likeness (QED) is 0.837. The van der Waals surface area contributed by atoms with Gasteiger partial charge >= 0.3 is 0 Å². The molecule has 0 saturated heterocycles. The number of primary amides is 1. The topological polar surface area (TPSA) is 112 Å². The predicted octanol–water partition coefficient (Wildman–Crippen LogP) is 0.578. The number of hydrogen-bond acceptors (Lipinski definition) is 5. The first-order valence-corrected chi connectivity index (χ1v) is 6.96. The van der Waals surface area contributed by atoms with Crippen LogP contribution in [0.5, 0.6) is 5.75 Å². The van der Waals surface area contributed by atoms with Crippen molar-refractivity contribution in [2.45, 2.75) is 26.3 Å². The van der Waals surface area contributed by atoms with Crippen molar-refractivity contribution in [2.24, 2.45) is 5.73 Å². The molecule has 0 fully saturated rings. The average Bonchev–Trinajstić information content (AvgIpc) is 2.88. The van der Waals surface area contributed by atoms with E-state index in [9.17, 15) is 9.59 Å². The van der Waals surface area contributed by atoms with E-state index < -0.39 is 17.4 Å². The van der Waals surface area contributed by atoms with E-state index in [1.54, 1.807) is 26.2 Å². The Morgan fingerprint density at radius 2 is 1.96 bits per heavy atom. The van der Waals surface area contributed by atoms with Crippen molar-refractivity contribution in [2.75, 3.05) is 7.11 Å². The standard InChI is InChI=1S/C15H19N5O3/c1-9-12(13(21)17-15(2,3)14(16)22)18-19-20(9)10-7-5-6-8-11(10)23-4/h5-8H,1-4H3,(H2,16,22)(H,17,21). The third kappa shape index (κ3) is 3.15. The zero-order valence-corrected chi connectivity index (χ0v) is 13.5. The van der Waals surface area contributed by atoms with Gasteiger partial charge < -0.3 is 15.8 Å². The van der Waals surface area contributed by atoms with Gasteiger partial charge in [-0.05, 0) is 32.9 Å². The van der Waals surface area contributed by atoms with E-state index in [0.29, 0.717) is 17.1 Å². The number of carbonyl (C=O) groups is 2. The van der Waals surface area contributed by atoms with Crippen LogP contribution in [0.1, 0.15) is 30.0 Å². The van der Waals surface area contributed by atoms with Gasteiger partial charge in [0.1, 0.15) is 17.0 Å². The van der Waals surface area contributed by atoms with Gasteiger partial charge in [0.25, 0.3) is 5.91 Å². The normalized spacial score (nSPS) is 11.1. The van der Waals surface area contributed by atoms with E-state index in [2.05, 4.69) is 15.6 Å². The van der Waals surface area contributed by atoms with Crippen LogP contribution in [0.3, 0.4) is 0 Å². The van der Waals surface area contributed by atoms with Crippen molar-refractivity contribution in [3.63, 3.8) is 0 Å². The smallest absolute Gasteiger partial charge is 0.274 e. The molecule has 2 aromatic rings. The molecular formula is C15H19N5O3. The first kappa shape index (κ1) is 16.5. The summed E-state index contributed by atoms with van der Waals surface area (Å²) < 4.78 is 6.79. The predicted molar refractivity (Wildman–Crippen MR) is 83.4 cm³/mol. The van der Waals surface area contributed by atoms with E-state index in [0.717, 1.165) is 0 Å². The van der Waals surface area contributed by atoms with Crippen LogP contribution in [0.15, 0.2) is 24.3 Å². The summed E-state index contributed by atoms with van der Waals surface area (Å²) >= 11 is 0. The van der Waals surface area contributed by atoms with Crippen molar-refractivity contribution in [3.8, 4) is 11.4 Å². The monoisotopic (exact) mass is 317 g/mol. The number of methoxy groups -OCH3 is 1. The minimum absolute atomic E-state index is 0.116. The number of aromatic nitrogens is 3. The second-order valence-corrected chi connectivity index (χ2v) is 5.55. The number of ether oxygens (including phenoxy) is 1. The van der Waals surface area contributed by atoms with Crippen molar-refractivity contribution in [1.82, 2.24) is 20.3 Å². The minimum Gasteiger partial charge on any atom is -0.494 e. The number of nitrogens with zero attached hydrogens (tertiary/aromatic N) is 3. The Morgan fingerprint density at radius 1 is 1.30 bits per heavy atom. The summed E-state index contributed by atoms with van der Waals surface area (Å²) in [4.78, 5) is 23.7. The van der Waals surface area contributed by atoms with Crippen molar-refractivity contribution >= 4 is 11.8 Å². The van der Waals surface area contributed by atoms with Crippen LogP contribution in [-0.4, -0.2) is 39.5 Å². The van der Waals surface area contributed by atoms with Crippen LogP contribution in [0.4, 0.5) is 0 Å². The molecule has 1 aromatic heterocycles. The van der Waals surface area contributed by atoms with Gasteiger partial charge in [0.2, 0.25) is 5.91 Å². The lowest BCUT2D eigenvalue weighted by molar-refractivity contribution is -0.122. The second-order valence-electron chi connectivity index (χ2n) is 5.55. The summed E-state index contributed by atoms with van der Waals surface area (Å²) in [5, 5.41) is 10.5. The molecule has 0 aliphatic heterocycles. The Balaban J connectivity index is 2.36. The Kier molecular flexibility index (Phi) is 4.35. The Labute approximate surface area is 133 Å². The lowest BCUT2D eigenvalue weighted by atomic mass is 10.0. The zero-order valence-electron chi connectivity index (χ0n) is 13.5. The zero-order chi connectivity index (χ0) is 17.2. The molecule has 0 atom stereocenters. The number of amides is 2. The average molecular weight is 317 g/mol. The largest absolute Gasteiger partial charge is 0.494 e. The summed E-state index contributed by atoms with van der Waals surface area (Å²) in [5.41, 5.74) is 5.37. The van der Waals surface area contributed by atoms with E-state index in [-0.39, 0.29) is 5.69 Å². The molecule has 1 heterocycles. The minimum atomic E-state index is -1.18. The lowest BCUT2D eigenvalue weighted by Crippen LogP contribution is -2.53. The molecule has 8 heteroatoms. The van der Waals surface area contributed by atoms with Crippen molar-refractivity contribution in [1.29, 1.82) is 0 Å². The van der Waals surface area contributed by atoms with Crippen LogP contribution in [-0.2, 0) is 4.79 Å². The number of carbonyl (C=O) groups excluding carboxylic acids is 2. The van der Waals surface area contributed by atoms with Gasteiger partial charge in [-0.3, -0.25) is 9.59 Å². The van der Waals surface area contributed by atoms with Gasteiger partial charge in [0.15, 0.2) is 5.69 Å². The summed E-state index contributed by atoms with van der Waals surface area (Å²) in [6.07, 6.45) is 0. The fourth-order valence-electron chi connectivity index (χ4n) is 1.98. The highest BCUT2D eigenvalue weighted by atomic mass is 16.5. The molecule has 122 valence electrons. The molecule has 0 radical (unpaired) electrons. The van der Waals surface area contributed by atoms with Gasteiger partial charge in [-0.15, -0.1) is 5.10 Å². The van der Waals surface area contributed by atoms with Crippen LogP contribution >= 0.6 is 0 Å². The molecule has 0 spiro atoms. The maximum Gasteiger partial charge on any atom is 0.274 e. The molecule has 0 bridgehead atoms. The van der Waals surface area contributed by atoms with Crippen LogP contribution in [0.25, 0.3) is 5.69 Å². The molecule has 0 aliphatic rings. The highest BCUT2D eigenvalue weighted by Gasteiger charge is 2.29. The highest BCUT2D eigenvalue weighted by Crippen LogP contribution is 2.23. The second kappa shape index (κ2) is 6.07. The Hall–Kier alpha value is -2.90. The fraction of sp³-hybridized carbons (Fsp3) is 0.333. The van der Waals surface area contributed by atoms with Gasteiger partial charge in [0, 0.05) is 0 Å². The maximum absolute atomic E-state index is 12.3. The lowest BCUT2D eigenvalue weighted by Gasteiger charge is -2.21. The Morgan fingerprint density at radius 3 is 2.57 bits per heavy atom. The van der Waals surface area contributed by atoms with E-state index in [1.165, 1.54) is 18.5 Å². The SMILES string of the molecule is COc1ccccc1-n1nnc(C(=O)NC(C)(C)C(N)=O)c1C. The van der Waals surface area contributed by atoms with E-state index in [1.807, 2.05) is 12.1 Å². The number of rotatable bonds is 5. The first-order valence-electron chi connectivity index (χ1n) is 6.96. The number of benzene rings is 1. The molecule has 1 aromatic carbocycles. The van der Waals surface area contributed by atoms with Crippen molar-refractivity contribution in [3.05, 3.63) is 35.7 Å². The molecule has 8 nitrogen and oxygen atoms in total. The molecule has 0 aliphatic carbocycles. The summed E-state index contributed by atoms with van der Waals surface area (Å²) in [6.45, 7) is 4.75. The molecule has 2 amide bonds. The van der Waals surface area contributed by atoms with E-state index in [4.69, 9.17) is 10.5 Å². The molecular weight excluding hydrogens is 298 g/mol. The third-order valence-corrected chi connectivity index (χ3v) is 3.47. The Bertz CT molecular complexity index is 751. The molecule has 3 N–H and O–H groups in total. The van der Waals surface area contributed by atoms with Crippen LogP contribution in [0.2, 0.25) is 0 Å². The molecule has 0 saturated carbocycles. The fourth-order valence-corrected chi connectivity index (χ4v) is 1.98. The van der Waals surface area contributed by atoms with Gasteiger partial charge in [-0.2, -0.15) is 0 Å². The van der Waals surface area contributed by atoms with Crippen molar-refractivity contribution < 1.29 is 14.3 Å². The third-order valence-electron chi connectivity index (χ3n) is 3.47. The van der Waals surface area contributed by atoms with Gasteiger partial charge in [-0.25, -0.2) is 4.68 Å². The summed E-state index contributed by atoms with van der Waals surface area (Å²) in [5.74, 6) is -0.557. The molecule has 23 heavy (non-hydrogen) atoms. The molecule has 2 rings (SSSR count). The maximum atomic E-state index is 12.3. The number of hydrogen-bond donors (Lipinski definition) is 2. The van der Waals surface area contributed by atoms with Crippen LogP contribution < -0.4 is 15.8 Å². The first-order chi connectivity index (χ1) is 10.8. The van der Waals surface area contributed by atoms with E-state index >= 15 is 0 Å². The van der Waals surface area contributed by atoms with Gasteiger partial charge in [-0.1, -0.05) is 17.3 Å². The summed E-state index contributed by atoms with van der Waals surface area (Å²) in [7, 11) is 1.55.